The molecule has 2 aliphatic carbocycles. The minimum atomic E-state index is 0.171. The summed E-state index contributed by atoms with van der Waals surface area (Å²) >= 11 is 6.13. The van der Waals surface area contributed by atoms with Crippen molar-refractivity contribution in [3.63, 3.8) is 0 Å². The van der Waals surface area contributed by atoms with Crippen molar-refractivity contribution < 1.29 is 4.74 Å². The largest absolute Gasteiger partial charge is 0.375 e. The molecule has 1 nitrogen and oxygen atoms in total. The summed E-state index contributed by atoms with van der Waals surface area (Å²) in [6.45, 7) is 5.64. The van der Waals surface area contributed by atoms with Gasteiger partial charge in [0.05, 0.1) is 12.2 Å². The van der Waals surface area contributed by atoms with Crippen molar-refractivity contribution in [3.8, 4) is 0 Å². The van der Waals surface area contributed by atoms with Crippen molar-refractivity contribution >= 4 is 11.6 Å². The van der Waals surface area contributed by atoms with Gasteiger partial charge in [0.2, 0.25) is 0 Å². The van der Waals surface area contributed by atoms with E-state index in [1.54, 1.807) is 0 Å². The van der Waals surface area contributed by atoms with E-state index in [4.69, 9.17) is 16.3 Å². The van der Waals surface area contributed by atoms with E-state index < -0.39 is 0 Å². The molecule has 2 rings (SSSR count). The Balaban J connectivity index is 1.70. The average Bonchev–Trinajstić information content (AvgIpc) is 2.33. The van der Waals surface area contributed by atoms with Crippen LogP contribution in [0, 0.1) is 11.8 Å². The lowest BCUT2D eigenvalue weighted by molar-refractivity contribution is -0.0799. The van der Waals surface area contributed by atoms with E-state index in [1.165, 1.54) is 51.4 Å². The van der Waals surface area contributed by atoms with Crippen molar-refractivity contribution in [3.05, 3.63) is 0 Å². The molecule has 2 heteroatoms. The first-order valence-corrected chi connectivity index (χ1v) is 7.79. The van der Waals surface area contributed by atoms with Gasteiger partial charge in [-0.15, -0.1) is 11.6 Å². The number of ether oxygens (including phenoxy) is 1. The lowest BCUT2D eigenvalue weighted by Crippen LogP contribution is -2.35. The van der Waals surface area contributed by atoms with Gasteiger partial charge in [0.1, 0.15) is 0 Å². The van der Waals surface area contributed by atoms with Gasteiger partial charge in [-0.25, -0.2) is 0 Å². The molecule has 0 radical (unpaired) electrons. The smallest absolute Gasteiger partial charge is 0.0654 e. The predicted octanol–water partition coefficient (Wildman–Crippen LogP) is 4.77. The van der Waals surface area contributed by atoms with Crippen LogP contribution in [0.5, 0.6) is 0 Å². The van der Waals surface area contributed by atoms with Crippen LogP contribution in [0.1, 0.15) is 65.2 Å². The SMILES string of the molecule is CC1CCC(C)(OCC2CCC(Cl)CC2)CC1. The number of hydrogen-bond donors (Lipinski definition) is 0. The molecule has 0 aromatic carbocycles. The molecule has 0 amide bonds. The van der Waals surface area contributed by atoms with Gasteiger partial charge in [-0.05, 0) is 70.1 Å². The van der Waals surface area contributed by atoms with Gasteiger partial charge in [0.15, 0.2) is 0 Å². The van der Waals surface area contributed by atoms with Crippen LogP contribution in [0.2, 0.25) is 0 Å². The first kappa shape index (κ1) is 13.7. The number of hydrogen-bond acceptors (Lipinski definition) is 1. The summed E-state index contributed by atoms with van der Waals surface area (Å²) in [6.07, 6.45) is 10.1. The Morgan fingerprint density at radius 2 is 1.65 bits per heavy atom. The molecule has 0 spiro atoms. The van der Waals surface area contributed by atoms with Crippen molar-refractivity contribution in [1.29, 1.82) is 0 Å². The topological polar surface area (TPSA) is 9.23 Å². The highest BCUT2D eigenvalue weighted by Gasteiger charge is 2.31. The van der Waals surface area contributed by atoms with Crippen molar-refractivity contribution in [2.45, 2.75) is 76.2 Å². The molecule has 0 saturated heterocycles. The first-order valence-electron chi connectivity index (χ1n) is 7.35. The van der Waals surface area contributed by atoms with Crippen molar-refractivity contribution in [2.24, 2.45) is 11.8 Å². The van der Waals surface area contributed by atoms with Crippen molar-refractivity contribution in [1.82, 2.24) is 0 Å². The van der Waals surface area contributed by atoms with Crippen LogP contribution in [-0.2, 0) is 4.74 Å². The second-order valence-corrected chi connectivity index (χ2v) is 7.18. The third kappa shape index (κ3) is 4.13. The third-order valence-electron chi connectivity index (χ3n) is 4.78. The molecule has 0 bridgehead atoms. The molecule has 2 fully saturated rings. The monoisotopic (exact) mass is 258 g/mol. The van der Waals surface area contributed by atoms with Crippen LogP contribution >= 0.6 is 11.6 Å². The Hall–Kier alpha value is 0.250. The van der Waals surface area contributed by atoms with Crippen LogP contribution in [0.4, 0.5) is 0 Å². The molecule has 2 aliphatic rings. The lowest BCUT2D eigenvalue weighted by atomic mass is 9.80. The Morgan fingerprint density at radius 1 is 1.06 bits per heavy atom. The van der Waals surface area contributed by atoms with Crippen LogP contribution < -0.4 is 0 Å². The molecule has 0 N–H and O–H groups in total. The second kappa shape index (κ2) is 5.93. The van der Waals surface area contributed by atoms with Crippen LogP contribution in [0.25, 0.3) is 0 Å². The number of rotatable bonds is 3. The highest BCUT2D eigenvalue weighted by atomic mass is 35.5. The van der Waals surface area contributed by atoms with Gasteiger partial charge in [0, 0.05) is 5.38 Å². The standard InChI is InChI=1S/C15H27ClO/c1-12-7-9-15(2,10-8-12)17-11-13-3-5-14(16)6-4-13/h12-14H,3-11H2,1-2H3. The summed E-state index contributed by atoms with van der Waals surface area (Å²) in [4.78, 5) is 0. The molecule has 0 atom stereocenters. The summed E-state index contributed by atoms with van der Waals surface area (Å²) in [5, 5.41) is 0.428. The maximum absolute atomic E-state index is 6.25. The van der Waals surface area contributed by atoms with E-state index in [1.807, 2.05) is 0 Å². The van der Waals surface area contributed by atoms with E-state index in [0.717, 1.165) is 18.4 Å². The first-order chi connectivity index (χ1) is 8.07. The average molecular weight is 259 g/mol. The Kier molecular flexibility index (Phi) is 4.77. The molecule has 0 aliphatic heterocycles. The van der Waals surface area contributed by atoms with Gasteiger partial charge in [-0.1, -0.05) is 6.92 Å². The fourth-order valence-corrected chi connectivity index (χ4v) is 3.38. The number of alkyl halides is 1. The van der Waals surface area contributed by atoms with Gasteiger partial charge in [0.25, 0.3) is 0 Å². The maximum atomic E-state index is 6.25. The van der Waals surface area contributed by atoms with Gasteiger partial charge in [-0.3, -0.25) is 0 Å². The summed E-state index contributed by atoms with van der Waals surface area (Å²) in [7, 11) is 0. The third-order valence-corrected chi connectivity index (χ3v) is 5.21. The number of halogens is 1. The van der Waals surface area contributed by atoms with E-state index in [9.17, 15) is 0 Å². The molecule has 0 heterocycles. The summed E-state index contributed by atoms with van der Waals surface area (Å²) < 4.78 is 6.25. The summed E-state index contributed by atoms with van der Waals surface area (Å²) in [6, 6.07) is 0. The van der Waals surface area contributed by atoms with E-state index in [2.05, 4.69) is 13.8 Å². The molecule has 0 unspecified atom stereocenters. The molecule has 2 saturated carbocycles. The minimum Gasteiger partial charge on any atom is -0.375 e. The summed E-state index contributed by atoms with van der Waals surface area (Å²) in [5.41, 5.74) is 0.171. The Labute approximate surface area is 111 Å². The molecule has 0 aromatic heterocycles. The minimum absolute atomic E-state index is 0.171. The van der Waals surface area contributed by atoms with Crippen molar-refractivity contribution in [2.75, 3.05) is 6.61 Å². The highest BCUT2D eigenvalue weighted by Crippen LogP contribution is 2.36. The summed E-state index contributed by atoms with van der Waals surface area (Å²) in [5.74, 6) is 1.67. The van der Waals surface area contributed by atoms with Crippen LogP contribution in [0.15, 0.2) is 0 Å². The predicted molar refractivity (Wildman–Crippen MR) is 73.6 cm³/mol. The Bertz CT molecular complexity index is 225. The lowest BCUT2D eigenvalue weighted by Gasteiger charge is -2.38. The van der Waals surface area contributed by atoms with E-state index >= 15 is 0 Å². The zero-order valence-electron chi connectivity index (χ0n) is 11.4. The highest BCUT2D eigenvalue weighted by molar-refractivity contribution is 6.20. The van der Waals surface area contributed by atoms with Gasteiger partial charge >= 0.3 is 0 Å². The zero-order valence-corrected chi connectivity index (χ0v) is 12.1. The molecular weight excluding hydrogens is 232 g/mol. The van der Waals surface area contributed by atoms with E-state index in [-0.39, 0.29) is 5.60 Å². The fraction of sp³-hybridized carbons (Fsp3) is 1.00. The van der Waals surface area contributed by atoms with Crippen LogP contribution in [-0.4, -0.2) is 17.6 Å². The zero-order chi connectivity index (χ0) is 12.3. The Morgan fingerprint density at radius 3 is 2.24 bits per heavy atom. The van der Waals surface area contributed by atoms with E-state index in [0.29, 0.717) is 5.38 Å². The van der Waals surface area contributed by atoms with Gasteiger partial charge in [-0.2, -0.15) is 0 Å². The van der Waals surface area contributed by atoms with Crippen LogP contribution in [0.3, 0.4) is 0 Å². The fourth-order valence-electron chi connectivity index (χ4n) is 3.12. The second-order valence-electron chi connectivity index (χ2n) is 6.56. The molecule has 17 heavy (non-hydrogen) atoms. The normalized spacial score (nSPS) is 43.6. The van der Waals surface area contributed by atoms with Gasteiger partial charge < -0.3 is 4.74 Å². The quantitative estimate of drug-likeness (QED) is 0.663. The molecular formula is C15H27ClO. The maximum Gasteiger partial charge on any atom is 0.0654 e. The molecule has 0 aromatic rings. The molecule has 100 valence electrons.